The average molecular weight is 424 g/mol. The molecule has 0 unspecified atom stereocenters. The summed E-state index contributed by atoms with van der Waals surface area (Å²) < 4.78 is 27.3. The molecule has 2 heterocycles. The van der Waals surface area contributed by atoms with Crippen molar-refractivity contribution in [1.29, 1.82) is 0 Å². The zero-order chi connectivity index (χ0) is 15.9. The Balaban J connectivity index is 2.17. The van der Waals surface area contributed by atoms with E-state index >= 15 is 0 Å². The second-order valence-corrected chi connectivity index (χ2v) is 9.20. The van der Waals surface area contributed by atoms with E-state index in [0.717, 1.165) is 11.5 Å². The minimum Gasteiger partial charge on any atom is -0.360 e. The lowest BCUT2D eigenvalue weighted by atomic mass is 10.2. The van der Waals surface area contributed by atoms with Crippen LogP contribution in [0.3, 0.4) is 0 Å². The summed E-state index contributed by atoms with van der Waals surface area (Å²) in [6.45, 7) is 0.844. The summed E-state index contributed by atoms with van der Waals surface area (Å²) in [6, 6.07) is 3.14. The van der Waals surface area contributed by atoms with Crippen molar-refractivity contribution in [3.63, 3.8) is 0 Å². The molecule has 0 amide bonds. The highest BCUT2D eigenvalue weighted by molar-refractivity contribution is 9.10. The maximum absolute atomic E-state index is 12.7. The van der Waals surface area contributed by atoms with Crippen LogP contribution in [0.5, 0.6) is 0 Å². The first-order chi connectivity index (χ1) is 10.4. The smallest absolute Gasteiger partial charge is 0.248 e. The molecule has 0 aliphatic carbocycles. The van der Waals surface area contributed by atoms with Gasteiger partial charge >= 0.3 is 0 Å². The summed E-state index contributed by atoms with van der Waals surface area (Å²) in [5.74, 6) is 1.48. The molecule has 22 heavy (non-hydrogen) atoms. The normalized spacial score (nSPS) is 17.0. The molecule has 1 aliphatic heterocycles. The number of pyridine rings is 1. The summed E-state index contributed by atoms with van der Waals surface area (Å²) in [6.07, 6.45) is 1.27. The van der Waals surface area contributed by atoms with Crippen molar-refractivity contribution in [1.82, 2.24) is 9.29 Å². The van der Waals surface area contributed by atoms with Crippen LogP contribution in [0.25, 0.3) is 10.9 Å². The first-order valence-corrected chi connectivity index (χ1v) is 10.3. The lowest BCUT2D eigenvalue weighted by Gasteiger charge is -2.25. The summed E-state index contributed by atoms with van der Waals surface area (Å²) in [7, 11) is -3.79. The molecule has 0 spiro atoms. The van der Waals surface area contributed by atoms with E-state index in [1.165, 1.54) is 16.6 Å². The van der Waals surface area contributed by atoms with E-state index in [9.17, 15) is 13.2 Å². The number of nitrogens with one attached hydrogen (secondary N) is 1. The molecule has 1 fully saturated rings. The Kier molecular flexibility index (Phi) is 4.57. The summed E-state index contributed by atoms with van der Waals surface area (Å²) in [4.78, 5) is 15.2. The van der Waals surface area contributed by atoms with Gasteiger partial charge in [0, 0.05) is 40.7 Å². The number of aromatic nitrogens is 1. The van der Waals surface area contributed by atoms with Crippen LogP contribution in [-0.4, -0.2) is 42.3 Å². The molecule has 0 bridgehead atoms. The molecule has 0 atom stereocenters. The molecular formula is C13H12BrClN2O3S2. The lowest BCUT2D eigenvalue weighted by Crippen LogP contribution is -2.39. The zero-order valence-electron chi connectivity index (χ0n) is 11.3. The molecule has 2 aromatic rings. The number of hydrogen-bond donors (Lipinski definition) is 1. The standard InChI is InChI=1S/C13H12BrClN2O3S2/c14-9-6-11-8(5-10(9)15)13(18)12(7-16-11)22(19,20)17-1-3-21-4-2-17/h5-7H,1-4H2,(H,16,18). The first-order valence-electron chi connectivity index (χ1n) is 6.49. The Hall–Kier alpha value is -0.540. The zero-order valence-corrected chi connectivity index (χ0v) is 15.3. The number of sulfonamides is 1. The Morgan fingerprint density at radius 3 is 2.64 bits per heavy atom. The van der Waals surface area contributed by atoms with Gasteiger partial charge in [-0.1, -0.05) is 11.6 Å². The Morgan fingerprint density at radius 1 is 1.27 bits per heavy atom. The van der Waals surface area contributed by atoms with Gasteiger partial charge in [0.05, 0.1) is 10.5 Å². The Labute approximate surface area is 145 Å². The number of halogens is 2. The van der Waals surface area contributed by atoms with Gasteiger partial charge in [-0.25, -0.2) is 8.42 Å². The van der Waals surface area contributed by atoms with Crippen LogP contribution >= 0.6 is 39.3 Å². The maximum atomic E-state index is 12.7. The quantitative estimate of drug-likeness (QED) is 0.806. The van der Waals surface area contributed by atoms with Crippen molar-refractivity contribution in [2.45, 2.75) is 4.90 Å². The predicted octanol–water partition coefficient (Wildman–Crippen LogP) is 2.68. The summed E-state index contributed by atoms with van der Waals surface area (Å²) >= 11 is 11.0. The van der Waals surface area contributed by atoms with Crippen LogP contribution in [0.1, 0.15) is 0 Å². The van der Waals surface area contributed by atoms with Gasteiger partial charge in [-0.2, -0.15) is 16.1 Å². The Bertz CT molecular complexity index is 892. The van der Waals surface area contributed by atoms with Crippen LogP contribution in [-0.2, 0) is 10.0 Å². The van der Waals surface area contributed by atoms with Crippen LogP contribution in [0.2, 0.25) is 5.02 Å². The molecule has 3 rings (SSSR count). The number of fused-ring (bicyclic) bond motifs is 1. The SMILES string of the molecule is O=c1c(S(=O)(=O)N2CCSCC2)c[nH]c2cc(Br)c(Cl)cc12. The molecule has 0 saturated carbocycles. The summed E-state index contributed by atoms with van der Waals surface area (Å²) in [5.41, 5.74) is 0.0100. The number of benzene rings is 1. The second kappa shape index (κ2) is 6.16. The number of thioether (sulfide) groups is 1. The van der Waals surface area contributed by atoms with E-state index in [4.69, 9.17) is 11.6 Å². The van der Waals surface area contributed by atoms with Gasteiger partial charge in [0.25, 0.3) is 0 Å². The molecule has 9 heteroatoms. The van der Waals surface area contributed by atoms with Crippen LogP contribution in [0.15, 0.2) is 32.5 Å². The highest BCUT2D eigenvalue weighted by Crippen LogP contribution is 2.27. The molecule has 1 saturated heterocycles. The van der Waals surface area contributed by atoms with E-state index in [-0.39, 0.29) is 10.3 Å². The third kappa shape index (κ3) is 2.82. The minimum atomic E-state index is -3.79. The number of nitrogens with zero attached hydrogens (tertiary/aromatic N) is 1. The molecule has 1 N–H and O–H groups in total. The molecular weight excluding hydrogens is 412 g/mol. The van der Waals surface area contributed by atoms with Gasteiger partial charge in [-0.05, 0) is 28.1 Å². The average Bonchev–Trinajstić information content (AvgIpc) is 2.50. The van der Waals surface area contributed by atoms with Gasteiger partial charge < -0.3 is 4.98 Å². The van der Waals surface area contributed by atoms with E-state index in [2.05, 4.69) is 20.9 Å². The number of aromatic amines is 1. The largest absolute Gasteiger partial charge is 0.360 e. The topological polar surface area (TPSA) is 70.2 Å². The van der Waals surface area contributed by atoms with Crippen molar-refractivity contribution in [3.05, 3.63) is 38.0 Å². The van der Waals surface area contributed by atoms with Crippen molar-refractivity contribution in [3.8, 4) is 0 Å². The number of hydrogen-bond acceptors (Lipinski definition) is 4. The van der Waals surface area contributed by atoms with Gasteiger partial charge in [0.1, 0.15) is 4.90 Å². The molecule has 5 nitrogen and oxygen atoms in total. The van der Waals surface area contributed by atoms with Crippen LogP contribution in [0, 0.1) is 0 Å². The third-order valence-electron chi connectivity index (χ3n) is 3.48. The van der Waals surface area contributed by atoms with Crippen LogP contribution < -0.4 is 5.43 Å². The second-order valence-electron chi connectivity index (χ2n) is 4.81. The fourth-order valence-electron chi connectivity index (χ4n) is 2.31. The van der Waals surface area contributed by atoms with Crippen molar-refractivity contribution in [2.75, 3.05) is 24.6 Å². The van der Waals surface area contributed by atoms with Gasteiger partial charge in [-0.3, -0.25) is 4.79 Å². The van der Waals surface area contributed by atoms with Crippen LogP contribution in [0.4, 0.5) is 0 Å². The van der Waals surface area contributed by atoms with E-state index in [1.807, 2.05) is 0 Å². The lowest BCUT2D eigenvalue weighted by molar-refractivity contribution is 0.443. The van der Waals surface area contributed by atoms with Crippen molar-refractivity contribution < 1.29 is 8.42 Å². The van der Waals surface area contributed by atoms with Gasteiger partial charge in [-0.15, -0.1) is 0 Å². The Morgan fingerprint density at radius 2 is 1.95 bits per heavy atom. The fourth-order valence-corrected chi connectivity index (χ4v) is 5.45. The monoisotopic (exact) mass is 422 g/mol. The highest BCUT2D eigenvalue weighted by atomic mass is 79.9. The molecule has 1 aromatic carbocycles. The highest BCUT2D eigenvalue weighted by Gasteiger charge is 2.29. The van der Waals surface area contributed by atoms with Gasteiger partial charge in [0.2, 0.25) is 15.5 Å². The molecule has 118 valence electrons. The minimum absolute atomic E-state index is 0.231. The van der Waals surface area contributed by atoms with Gasteiger partial charge in [0.15, 0.2) is 0 Å². The summed E-state index contributed by atoms with van der Waals surface area (Å²) in [5, 5.41) is 0.627. The molecule has 0 radical (unpaired) electrons. The fraction of sp³-hybridized carbons (Fsp3) is 0.308. The first kappa shape index (κ1) is 16.3. The van der Waals surface area contributed by atoms with E-state index in [0.29, 0.717) is 28.1 Å². The van der Waals surface area contributed by atoms with E-state index < -0.39 is 15.5 Å². The predicted molar refractivity (Wildman–Crippen MR) is 93.4 cm³/mol. The number of H-pyrrole nitrogens is 1. The molecule has 1 aromatic heterocycles. The van der Waals surface area contributed by atoms with Crippen molar-refractivity contribution >= 4 is 60.2 Å². The third-order valence-corrected chi connectivity index (χ3v) is 7.52. The molecule has 1 aliphatic rings. The maximum Gasteiger partial charge on any atom is 0.248 e. The number of rotatable bonds is 2. The van der Waals surface area contributed by atoms with E-state index in [1.54, 1.807) is 17.8 Å². The van der Waals surface area contributed by atoms with Crippen molar-refractivity contribution in [2.24, 2.45) is 0 Å².